The van der Waals surface area contributed by atoms with Crippen LogP contribution < -0.4 is 11.1 Å². The van der Waals surface area contributed by atoms with E-state index in [1.165, 1.54) is 18.2 Å². The fraction of sp³-hybridized carbons (Fsp3) is 0.115. The van der Waals surface area contributed by atoms with Gasteiger partial charge in [0, 0.05) is 10.6 Å². The van der Waals surface area contributed by atoms with Crippen LogP contribution in [0.15, 0.2) is 78.5 Å². The summed E-state index contributed by atoms with van der Waals surface area (Å²) in [6, 6.07) is 20.7. The van der Waals surface area contributed by atoms with Gasteiger partial charge in [-0.2, -0.15) is 0 Å². The maximum atomic E-state index is 12.1. The van der Waals surface area contributed by atoms with E-state index in [0.29, 0.717) is 32.8 Å². The maximum absolute atomic E-state index is 12.1. The Morgan fingerprint density at radius 2 is 1.58 bits per heavy atom. The van der Waals surface area contributed by atoms with E-state index >= 15 is 0 Å². The van der Waals surface area contributed by atoms with Gasteiger partial charge in [-0.3, -0.25) is 14.4 Å². The summed E-state index contributed by atoms with van der Waals surface area (Å²) in [5.41, 5.74) is 7.21. The second-order valence-electron chi connectivity index (χ2n) is 7.24. The van der Waals surface area contributed by atoms with E-state index in [1.807, 2.05) is 30.3 Å². The highest BCUT2D eigenvalue weighted by atomic mass is 35.5. The molecule has 0 radical (unpaired) electrons. The third kappa shape index (κ3) is 10.5. The molecule has 3 aromatic carbocycles. The topological polar surface area (TPSA) is 119 Å². The van der Waals surface area contributed by atoms with Crippen molar-refractivity contribution in [3.05, 3.63) is 110 Å². The average molecular weight is 550 g/mol. The summed E-state index contributed by atoms with van der Waals surface area (Å²) in [6.45, 7) is 0.748. The number of hydrogen-bond acceptors (Lipinski definition) is 4. The first-order valence-electron chi connectivity index (χ1n) is 10.5. The number of ether oxygens (including phenoxy) is 1. The van der Waals surface area contributed by atoms with Gasteiger partial charge < -0.3 is 20.9 Å². The molecule has 0 saturated heterocycles. The Morgan fingerprint density at radius 3 is 2.17 bits per heavy atom. The van der Waals surface area contributed by atoms with Gasteiger partial charge in [0.25, 0.3) is 11.8 Å². The van der Waals surface area contributed by atoms with Gasteiger partial charge in [0.2, 0.25) is 0 Å². The molecule has 0 saturated carbocycles. The van der Waals surface area contributed by atoms with Crippen molar-refractivity contribution in [1.29, 1.82) is 0 Å². The smallest absolute Gasteiger partial charge is 0.305 e. The second-order valence-corrected chi connectivity index (χ2v) is 8.49. The quantitative estimate of drug-likeness (QED) is 0.238. The lowest BCUT2D eigenvalue weighted by molar-refractivity contribution is -0.138. The van der Waals surface area contributed by atoms with E-state index in [0.717, 1.165) is 5.56 Å². The van der Waals surface area contributed by atoms with Crippen molar-refractivity contribution in [3.8, 4) is 0 Å². The Kier molecular flexibility index (Phi) is 12.0. The normalized spacial score (nSPS) is 10.7. The van der Waals surface area contributed by atoms with Crippen LogP contribution >= 0.6 is 34.8 Å². The number of carbonyl (C=O) groups excluding carboxylic acids is 2. The first-order valence-corrected chi connectivity index (χ1v) is 11.7. The number of halogens is 3. The van der Waals surface area contributed by atoms with Gasteiger partial charge in [-0.25, -0.2) is 0 Å². The molecule has 10 heteroatoms. The molecule has 4 N–H and O–H groups in total. The van der Waals surface area contributed by atoms with Crippen molar-refractivity contribution >= 4 is 58.7 Å². The Labute approximate surface area is 223 Å². The van der Waals surface area contributed by atoms with Crippen molar-refractivity contribution in [3.63, 3.8) is 0 Å². The summed E-state index contributed by atoms with van der Waals surface area (Å²) in [4.78, 5) is 33.8. The molecule has 188 valence electrons. The standard InChI is InChI=1S/C16H11Cl3N2O2.C10H12O3/c17-11-4-2-10(3-5-11)16(23)21-14(15(20)22)8-9-1-6-12(18)13(19)7-9;11-10(12)6-7-13-8-9-4-2-1-3-5-9/h1-8H,(H2,20,22)(H,21,23);1-5H,6-8H2,(H,11,12)/b14-8+;. The lowest BCUT2D eigenvalue weighted by atomic mass is 10.1. The highest BCUT2D eigenvalue weighted by molar-refractivity contribution is 6.42. The number of carboxylic acid groups (broad SMARTS) is 1. The molecule has 0 aliphatic heterocycles. The number of amides is 2. The summed E-state index contributed by atoms with van der Waals surface area (Å²) in [7, 11) is 0. The SMILES string of the molecule is NC(=O)/C(=C\c1ccc(Cl)c(Cl)c1)NC(=O)c1ccc(Cl)cc1.O=C(O)CCOCc1ccccc1. The zero-order chi connectivity index (χ0) is 26.5. The number of nitrogens with one attached hydrogen (secondary N) is 1. The maximum Gasteiger partial charge on any atom is 0.305 e. The summed E-state index contributed by atoms with van der Waals surface area (Å²) < 4.78 is 5.15. The monoisotopic (exact) mass is 548 g/mol. The third-order valence-electron chi connectivity index (χ3n) is 4.45. The first-order chi connectivity index (χ1) is 17.2. The first kappa shape index (κ1) is 28.9. The molecule has 0 heterocycles. The predicted octanol–water partition coefficient (Wildman–Crippen LogP) is 5.58. The number of benzene rings is 3. The third-order valence-corrected chi connectivity index (χ3v) is 5.44. The van der Waals surface area contributed by atoms with Crippen LogP contribution in [-0.4, -0.2) is 29.5 Å². The number of aliphatic carboxylic acids is 1. The molecule has 3 rings (SSSR count). The number of nitrogens with two attached hydrogens (primary N) is 1. The van der Waals surface area contributed by atoms with E-state index in [2.05, 4.69) is 5.32 Å². The van der Waals surface area contributed by atoms with Crippen molar-refractivity contribution in [1.82, 2.24) is 5.32 Å². The molecular weight excluding hydrogens is 527 g/mol. The molecule has 36 heavy (non-hydrogen) atoms. The minimum atomic E-state index is -0.826. The predicted molar refractivity (Wildman–Crippen MR) is 141 cm³/mol. The molecule has 0 aliphatic carbocycles. The molecule has 0 spiro atoms. The van der Waals surface area contributed by atoms with Crippen molar-refractivity contribution in [2.45, 2.75) is 13.0 Å². The van der Waals surface area contributed by atoms with Crippen molar-refractivity contribution < 1.29 is 24.2 Å². The summed E-state index contributed by atoms with van der Waals surface area (Å²) >= 11 is 17.5. The van der Waals surface area contributed by atoms with Gasteiger partial charge in [-0.05, 0) is 53.6 Å². The molecule has 2 amide bonds. The molecule has 3 aromatic rings. The number of rotatable bonds is 9. The van der Waals surface area contributed by atoms with Gasteiger partial charge in [0.1, 0.15) is 5.70 Å². The Morgan fingerprint density at radius 1 is 0.917 bits per heavy atom. The van der Waals surface area contributed by atoms with Crippen molar-refractivity contribution in [2.75, 3.05) is 6.61 Å². The molecule has 0 aromatic heterocycles. The zero-order valence-electron chi connectivity index (χ0n) is 18.9. The van der Waals surface area contributed by atoms with Crippen LogP contribution in [-0.2, 0) is 20.9 Å². The molecule has 0 aliphatic rings. The molecular formula is C26H23Cl3N2O5. The number of carboxylic acids is 1. The van der Waals surface area contributed by atoms with E-state index < -0.39 is 17.8 Å². The zero-order valence-corrected chi connectivity index (χ0v) is 21.2. The summed E-state index contributed by atoms with van der Waals surface area (Å²) in [6.07, 6.45) is 1.48. The fourth-order valence-corrected chi connectivity index (χ4v) is 3.09. The average Bonchev–Trinajstić information content (AvgIpc) is 2.85. The minimum Gasteiger partial charge on any atom is -0.481 e. The molecule has 7 nitrogen and oxygen atoms in total. The van der Waals surface area contributed by atoms with Crippen LogP contribution in [0.3, 0.4) is 0 Å². The highest BCUT2D eigenvalue weighted by Gasteiger charge is 2.12. The van der Waals surface area contributed by atoms with Crippen LogP contribution in [0.1, 0.15) is 27.9 Å². The largest absolute Gasteiger partial charge is 0.481 e. The van der Waals surface area contributed by atoms with Gasteiger partial charge in [0.05, 0.1) is 29.7 Å². The van der Waals surface area contributed by atoms with Crippen LogP contribution in [0.5, 0.6) is 0 Å². The Bertz CT molecular complexity index is 1220. The molecule has 0 atom stereocenters. The number of hydrogen-bond donors (Lipinski definition) is 3. The van der Waals surface area contributed by atoms with E-state index in [1.54, 1.807) is 30.3 Å². The van der Waals surface area contributed by atoms with Gasteiger partial charge in [-0.15, -0.1) is 0 Å². The van der Waals surface area contributed by atoms with Gasteiger partial charge in [-0.1, -0.05) is 71.2 Å². The number of carbonyl (C=O) groups is 3. The fourth-order valence-electron chi connectivity index (χ4n) is 2.66. The van der Waals surface area contributed by atoms with Crippen LogP contribution in [0.2, 0.25) is 15.1 Å². The molecule has 0 fully saturated rings. The molecule has 0 unspecified atom stereocenters. The highest BCUT2D eigenvalue weighted by Crippen LogP contribution is 2.23. The lowest BCUT2D eigenvalue weighted by Crippen LogP contribution is -2.31. The van der Waals surface area contributed by atoms with Crippen LogP contribution in [0, 0.1) is 0 Å². The second kappa shape index (κ2) is 14.9. The van der Waals surface area contributed by atoms with Gasteiger partial charge in [0.15, 0.2) is 0 Å². The van der Waals surface area contributed by atoms with E-state index in [9.17, 15) is 14.4 Å². The lowest BCUT2D eigenvalue weighted by Gasteiger charge is -2.07. The van der Waals surface area contributed by atoms with Crippen LogP contribution in [0.25, 0.3) is 6.08 Å². The van der Waals surface area contributed by atoms with Crippen LogP contribution in [0.4, 0.5) is 0 Å². The summed E-state index contributed by atoms with van der Waals surface area (Å²) in [5, 5.41) is 12.0. The molecule has 0 bridgehead atoms. The van der Waals surface area contributed by atoms with E-state index in [-0.39, 0.29) is 18.7 Å². The Hall–Kier alpha value is -3.36. The van der Waals surface area contributed by atoms with Crippen molar-refractivity contribution in [2.24, 2.45) is 5.73 Å². The van der Waals surface area contributed by atoms with E-state index in [4.69, 9.17) is 50.4 Å². The Balaban J connectivity index is 0.000000297. The summed E-state index contributed by atoms with van der Waals surface area (Å²) in [5.74, 6) is -2.08. The van der Waals surface area contributed by atoms with Gasteiger partial charge >= 0.3 is 5.97 Å². The number of primary amides is 1. The minimum absolute atomic E-state index is 0.0623.